The number of nitrogens with zero attached hydrogens (tertiary/aromatic N) is 1. The molecule has 2 nitrogen and oxygen atoms in total. The largest absolute Gasteiger partial charge is 0.387 e. The maximum atomic E-state index is 5.41. The fourth-order valence-electron chi connectivity index (χ4n) is 0.470. The third kappa shape index (κ3) is 22.7. The summed E-state index contributed by atoms with van der Waals surface area (Å²) >= 11 is 0. The van der Waals surface area contributed by atoms with E-state index < -0.39 is 0 Å². The maximum absolute atomic E-state index is 5.41. The highest BCUT2D eigenvalue weighted by molar-refractivity contribution is 5.79. The van der Waals surface area contributed by atoms with Gasteiger partial charge in [-0.2, -0.15) is 0 Å². The zero-order chi connectivity index (χ0) is 10.4. The molecule has 2 N–H and O–H groups in total. The molecular formula is C10H26N2. The second-order valence-electron chi connectivity index (χ2n) is 1.82. The van der Waals surface area contributed by atoms with Crippen LogP contribution in [0.4, 0.5) is 0 Å². The van der Waals surface area contributed by atoms with Gasteiger partial charge in [-0.05, 0) is 6.42 Å². The third-order valence-electron chi connectivity index (χ3n) is 1.07. The average molecular weight is 174 g/mol. The highest BCUT2D eigenvalue weighted by atomic mass is 14.8. The zero-order valence-corrected chi connectivity index (χ0v) is 9.65. The van der Waals surface area contributed by atoms with Crippen molar-refractivity contribution >= 4 is 5.84 Å². The minimum absolute atomic E-state index is 0.770. The summed E-state index contributed by atoms with van der Waals surface area (Å²) in [6, 6.07) is 0. The van der Waals surface area contributed by atoms with E-state index in [1.807, 2.05) is 27.7 Å². The zero-order valence-electron chi connectivity index (χ0n) is 9.65. The number of aliphatic imine (C=N–C) groups is 1. The molecule has 0 amide bonds. The van der Waals surface area contributed by atoms with Gasteiger partial charge in [0.1, 0.15) is 0 Å². The van der Waals surface area contributed by atoms with Gasteiger partial charge < -0.3 is 5.73 Å². The smallest absolute Gasteiger partial charge is 0.0933 e. The molecular weight excluding hydrogens is 148 g/mol. The van der Waals surface area contributed by atoms with Crippen LogP contribution >= 0.6 is 0 Å². The Morgan fingerprint density at radius 1 is 1.17 bits per heavy atom. The number of unbranched alkanes of at least 4 members (excludes halogenated alkanes) is 1. The van der Waals surface area contributed by atoms with E-state index in [0.29, 0.717) is 0 Å². The number of hydrogen-bond donors (Lipinski definition) is 1. The molecule has 0 aromatic carbocycles. The topological polar surface area (TPSA) is 38.4 Å². The van der Waals surface area contributed by atoms with Crippen LogP contribution in [-0.4, -0.2) is 12.9 Å². The lowest BCUT2D eigenvalue weighted by Crippen LogP contribution is -2.10. The van der Waals surface area contributed by atoms with Crippen LogP contribution in [0.25, 0.3) is 0 Å². The number of rotatable bonds is 3. The Labute approximate surface area is 78.3 Å². The van der Waals surface area contributed by atoms with E-state index in [0.717, 1.165) is 18.7 Å². The molecule has 0 aromatic rings. The van der Waals surface area contributed by atoms with Crippen molar-refractivity contribution in [2.45, 2.75) is 53.9 Å². The summed E-state index contributed by atoms with van der Waals surface area (Å²) in [7, 11) is 1.73. The Kier molecular flexibility index (Phi) is 32.8. The van der Waals surface area contributed by atoms with E-state index in [4.69, 9.17) is 5.73 Å². The van der Waals surface area contributed by atoms with Crippen molar-refractivity contribution in [3.8, 4) is 0 Å². The highest BCUT2D eigenvalue weighted by Crippen LogP contribution is 1.91. The summed E-state index contributed by atoms with van der Waals surface area (Å²) in [5, 5.41) is 0. The molecule has 0 aliphatic carbocycles. The van der Waals surface area contributed by atoms with Crippen LogP contribution in [0, 0.1) is 0 Å². The van der Waals surface area contributed by atoms with Crippen molar-refractivity contribution in [3.63, 3.8) is 0 Å². The van der Waals surface area contributed by atoms with Gasteiger partial charge in [0.05, 0.1) is 5.84 Å². The Bertz CT molecular complexity index is 77.9. The van der Waals surface area contributed by atoms with Crippen molar-refractivity contribution in [2.75, 3.05) is 7.05 Å². The quantitative estimate of drug-likeness (QED) is 0.518. The standard InChI is InChI=1S/C6H14N2.2C2H6/c1-3-4-5-6(7)8-2;2*1-2/h3-5H2,1-2H3,(H2,7,8);2*1-2H3. The molecule has 0 aliphatic rings. The summed E-state index contributed by atoms with van der Waals surface area (Å²) in [6.07, 6.45) is 3.30. The molecule has 0 saturated heterocycles. The number of amidine groups is 1. The second kappa shape index (κ2) is 22.4. The van der Waals surface area contributed by atoms with E-state index in [1.54, 1.807) is 7.05 Å². The highest BCUT2D eigenvalue weighted by Gasteiger charge is 1.86. The second-order valence-corrected chi connectivity index (χ2v) is 1.82. The average Bonchev–Trinajstić information content (AvgIpc) is 2.20. The van der Waals surface area contributed by atoms with Gasteiger partial charge in [-0.15, -0.1) is 0 Å². The Balaban J connectivity index is -0.000000175. The molecule has 2 heteroatoms. The van der Waals surface area contributed by atoms with E-state index in [2.05, 4.69) is 11.9 Å². The van der Waals surface area contributed by atoms with Gasteiger partial charge in [-0.1, -0.05) is 41.0 Å². The molecule has 0 fully saturated rings. The van der Waals surface area contributed by atoms with Gasteiger partial charge in [-0.25, -0.2) is 0 Å². The van der Waals surface area contributed by atoms with Gasteiger partial charge in [0, 0.05) is 13.5 Å². The summed E-state index contributed by atoms with van der Waals surface area (Å²) in [4.78, 5) is 3.82. The van der Waals surface area contributed by atoms with Crippen LogP contribution in [0.3, 0.4) is 0 Å². The molecule has 76 valence electrons. The Morgan fingerprint density at radius 2 is 1.58 bits per heavy atom. The molecule has 0 saturated carbocycles. The van der Waals surface area contributed by atoms with Gasteiger partial charge in [0.25, 0.3) is 0 Å². The van der Waals surface area contributed by atoms with Crippen molar-refractivity contribution in [3.05, 3.63) is 0 Å². The first-order chi connectivity index (χ1) is 5.81. The predicted molar refractivity (Wildman–Crippen MR) is 59.8 cm³/mol. The van der Waals surface area contributed by atoms with Crippen LogP contribution in [0.15, 0.2) is 4.99 Å². The predicted octanol–water partition coefficient (Wildman–Crippen LogP) is 3.22. The summed E-state index contributed by atoms with van der Waals surface area (Å²) in [5.41, 5.74) is 5.41. The molecule has 0 aliphatic heterocycles. The van der Waals surface area contributed by atoms with E-state index in [1.165, 1.54) is 6.42 Å². The molecule has 0 atom stereocenters. The fourth-order valence-corrected chi connectivity index (χ4v) is 0.470. The third-order valence-corrected chi connectivity index (χ3v) is 1.07. The van der Waals surface area contributed by atoms with Gasteiger partial charge >= 0.3 is 0 Å². The first-order valence-corrected chi connectivity index (χ1v) is 5.02. The Morgan fingerprint density at radius 3 is 1.83 bits per heavy atom. The van der Waals surface area contributed by atoms with Crippen LogP contribution in [-0.2, 0) is 0 Å². The molecule has 0 aromatic heterocycles. The summed E-state index contributed by atoms with van der Waals surface area (Å²) < 4.78 is 0. The van der Waals surface area contributed by atoms with Crippen LogP contribution in [0.5, 0.6) is 0 Å². The van der Waals surface area contributed by atoms with Gasteiger partial charge in [0.15, 0.2) is 0 Å². The summed E-state index contributed by atoms with van der Waals surface area (Å²) in [5.74, 6) is 0.770. The van der Waals surface area contributed by atoms with E-state index in [-0.39, 0.29) is 0 Å². The lowest BCUT2D eigenvalue weighted by atomic mass is 10.2. The normalized spacial score (nSPS) is 9.00. The molecule has 0 heterocycles. The van der Waals surface area contributed by atoms with Crippen molar-refractivity contribution in [1.29, 1.82) is 0 Å². The van der Waals surface area contributed by atoms with Crippen LogP contribution < -0.4 is 5.73 Å². The first-order valence-electron chi connectivity index (χ1n) is 5.02. The SMILES string of the molecule is CC.CC.CCCCC(N)=NC. The molecule has 12 heavy (non-hydrogen) atoms. The molecule has 0 bridgehead atoms. The number of nitrogens with two attached hydrogens (primary N) is 1. The van der Waals surface area contributed by atoms with Gasteiger partial charge in [-0.3, -0.25) is 4.99 Å². The van der Waals surface area contributed by atoms with Crippen molar-refractivity contribution in [2.24, 2.45) is 10.7 Å². The molecule has 0 radical (unpaired) electrons. The maximum Gasteiger partial charge on any atom is 0.0933 e. The van der Waals surface area contributed by atoms with Crippen molar-refractivity contribution in [1.82, 2.24) is 0 Å². The van der Waals surface area contributed by atoms with Crippen LogP contribution in [0.1, 0.15) is 53.9 Å². The molecule has 0 spiro atoms. The minimum atomic E-state index is 0.770. The van der Waals surface area contributed by atoms with E-state index in [9.17, 15) is 0 Å². The summed E-state index contributed by atoms with van der Waals surface area (Å²) in [6.45, 7) is 10.1. The molecule has 0 rings (SSSR count). The Hall–Kier alpha value is -0.530. The van der Waals surface area contributed by atoms with Crippen molar-refractivity contribution < 1.29 is 0 Å². The lowest BCUT2D eigenvalue weighted by molar-refractivity contribution is 0.830. The minimum Gasteiger partial charge on any atom is -0.387 e. The van der Waals surface area contributed by atoms with E-state index >= 15 is 0 Å². The fraction of sp³-hybridized carbons (Fsp3) is 0.900. The lowest BCUT2D eigenvalue weighted by Gasteiger charge is -1.93. The first kappa shape index (κ1) is 17.5. The van der Waals surface area contributed by atoms with Gasteiger partial charge in [0.2, 0.25) is 0 Å². The number of hydrogen-bond acceptors (Lipinski definition) is 1. The van der Waals surface area contributed by atoms with Crippen LogP contribution in [0.2, 0.25) is 0 Å². The monoisotopic (exact) mass is 174 g/mol. The molecule has 0 unspecified atom stereocenters.